The summed E-state index contributed by atoms with van der Waals surface area (Å²) in [7, 11) is 0. The number of rotatable bonds is 2. The molecule has 19 heavy (non-hydrogen) atoms. The second-order valence-corrected chi connectivity index (χ2v) is 5.50. The molecule has 2 unspecified atom stereocenters. The van der Waals surface area contributed by atoms with Crippen molar-refractivity contribution in [3.05, 3.63) is 42.1 Å². The van der Waals surface area contributed by atoms with Gasteiger partial charge in [-0.15, -0.1) is 11.6 Å². The van der Waals surface area contributed by atoms with Crippen molar-refractivity contribution < 1.29 is 4.79 Å². The predicted octanol–water partition coefficient (Wildman–Crippen LogP) is 3.12. The summed E-state index contributed by atoms with van der Waals surface area (Å²) in [4.78, 5) is 16.4. The first-order valence-corrected chi connectivity index (χ1v) is 6.97. The molecule has 2 atom stereocenters. The number of nitrogens with zero attached hydrogens (tertiary/aromatic N) is 1. The lowest BCUT2D eigenvalue weighted by Crippen LogP contribution is -2.37. The zero-order valence-electron chi connectivity index (χ0n) is 10.5. The lowest BCUT2D eigenvalue weighted by atomic mass is 10.1. The fraction of sp³-hybridized carbons (Fsp3) is 0.333. The molecule has 1 aromatic heterocycles. The molecular weight excluding hydrogens is 260 g/mol. The van der Waals surface area contributed by atoms with E-state index in [1.165, 1.54) is 0 Å². The Morgan fingerprint density at radius 1 is 1.32 bits per heavy atom. The van der Waals surface area contributed by atoms with Gasteiger partial charge in [-0.2, -0.15) is 0 Å². The van der Waals surface area contributed by atoms with E-state index in [9.17, 15) is 4.79 Å². The number of alkyl halides is 1. The van der Waals surface area contributed by atoms with Crippen LogP contribution < -0.4 is 5.32 Å². The van der Waals surface area contributed by atoms with Gasteiger partial charge in [0.05, 0.1) is 10.9 Å². The summed E-state index contributed by atoms with van der Waals surface area (Å²) in [5, 5.41) is 4.06. The molecule has 1 heterocycles. The van der Waals surface area contributed by atoms with Crippen molar-refractivity contribution in [2.24, 2.45) is 0 Å². The first-order valence-electron chi connectivity index (χ1n) is 6.54. The van der Waals surface area contributed by atoms with Crippen LogP contribution in [0, 0.1) is 0 Å². The maximum absolute atomic E-state index is 12.2. The van der Waals surface area contributed by atoms with E-state index < -0.39 is 0 Å². The van der Waals surface area contributed by atoms with Gasteiger partial charge in [-0.1, -0.05) is 6.07 Å². The van der Waals surface area contributed by atoms with E-state index in [2.05, 4.69) is 10.3 Å². The first-order chi connectivity index (χ1) is 9.24. The van der Waals surface area contributed by atoms with E-state index in [0.717, 1.165) is 30.2 Å². The summed E-state index contributed by atoms with van der Waals surface area (Å²) in [5.74, 6) is -0.0525. The number of pyridine rings is 1. The Hall–Kier alpha value is -1.61. The monoisotopic (exact) mass is 274 g/mol. The smallest absolute Gasteiger partial charge is 0.251 e. The molecule has 3 rings (SSSR count). The minimum atomic E-state index is -0.0525. The van der Waals surface area contributed by atoms with Crippen LogP contribution in [-0.2, 0) is 0 Å². The molecule has 0 bridgehead atoms. The summed E-state index contributed by atoms with van der Waals surface area (Å²) in [6.07, 6.45) is 4.78. The second kappa shape index (κ2) is 5.17. The highest BCUT2D eigenvalue weighted by Crippen LogP contribution is 2.24. The van der Waals surface area contributed by atoms with E-state index in [0.29, 0.717) is 5.56 Å². The number of hydrogen-bond acceptors (Lipinski definition) is 2. The van der Waals surface area contributed by atoms with Crippen molar-refractivity contribution in [3.8, 4) is 0 Å². The molecule has 98 valence electrons. The van der Waals surface area contributed by atoms with Crippen LogP contribution in [0.2, 0.25) is 0 Å². The molecule has 1 N–H and O–H groups in total. The van der Waals surface area contributed by atoms with Gasteiger partial charge >= 0.3 is 0 Å². The number of carbonyl (C=O) groups is 1. The van der Waals surface area contributed by atoms with Crippen molar-refractivity contribution in [3.63, 3.8) is 0 Å². The van der Waals surface area contributed by atoms with Crippen LogP contribution in [0.1, 0.15) is 29.6 Å². The molecule has 1 aliphatic rings. The standard InChI is InChI=1S/C15H15ClN2O/c16-12-4-1-5-14(12)18-15(19)11-6-7-13-10(9-11)3-2-8-17-13/h2-3,6-9,12,14H,1,4-5H2,(H,18,19). The van der Waals surface area contributed by atoms with E-state index >= 15 is 0 Å². The van der Waals surface area contributed by atoms with Crippen molar-refractivity contribution in [1.82, 2.24) is 10.3 Å². The Bertz CT molecular complexity index is 614. The molecule has 0 radical (unpaired) electrons. The van der Waals surface area contributed by atoms with Crippen LogP contribution >= 0.6 is 11.6 Å². The third-order valence-electron chi connectivity index (χ3n) is 3.61. The summed E-state index contributed by atoms with van der Waals surface area (Å²) in [6.45, 7) is 0. The molecule has 0 aliphatic heterocycles. The summed E-state index contributed by atoms with van der Waals surface area (Å²) >= 11 is 6.18. The fourth-order valence-corrected chi connectivity index (χ4v) is 2.89. The van der Waals surface area contributed by atoms with Gasteiger partial charge in [0.15, 0.2) is 0 Å². The van der Waals surface area contributed by atoms with Gasteiger partial charge in [0.2, 0.25) is 0 Å². The molecule has 0 spiro atoms. The third-order valence-corrected chi connectivity index (χ3v) is 4.14. The van der Waals surface area contributed by atoms with Crippen LogP contribution in [0.5, 0.6) is 0 Å². The van der Waals surface area contributed by atoms with Gasteiger partial charge in [0, 0.05) is 23.2 Å². The summed E-state index contributed by atoms with van der Waals surface area (Å²) in [6, 6.07) is 9.48. The number of fused-ring (bicyclic) bond motifs is 1. The van der Waals surface area contributed by atoms with Crippen molar-refractivity contribution >= 4 is 28.4 Å². The van der Waals surface area contributed by atoms with Crippen molar-refractivity contribution in [2.75, 3.05) is 0 Å². The number of benzene rings is 1. The summed E-state index contributed by atoms with van der Waals surface area (Å²) < 4.78 is 0. The largest absolute Gasteiger partial charge is 0.348 e. The minimum Gasteiger partial charge on any atom is -0.348 e. The number of aromatic nitrogens is 1. The molecular formula is C15H15ClN2O. The lowest BCUT2D eigenvalue weighted by molar-refractivity contribution is 0.0938. The van der Waals surface area contributed by atoms with Crippen LogP contribution in [0.4, 0.5) is 0 Å². The van der Waals surface area contributed by atoms with Crippen LogP contribution in [0.3, 0.4) is 0 Å². The summed E-state index contributed by atoms with van der Waals surface area (Å²) in [5.41, 5.74) is 1.56. The maximum atomic E-state index is 12.2. The highest BCUT2D eigenvalue weighted by atomic mass is 35.5. The molecule has 1 aromatic carbocycles. The Labute approximate surface area is 117 Å². The Balaban J connectivity index is 1.81. The highest BCUT2D eigenvalue weighted by molar-refractivity contribution is 6.21. The van der Waals surface area contributed by atoms with E-state index in [1.54, 1.807) is 6.20 Å². The van der Waals surface area contributed by atoms with Gasteiger partial charge in [-0.05, 0) is 43.5 Å². The molecule has 2 aromatic rings. The normalized spacial score (nSPS) is 22.6. The number of amides is 1. The second-order valence-electron chi connectivity index (χ2n) is 4.94. The van der Waals surface area contributed by atoms with Crippen LogP contribution in [0.15, 0.2) is 36.5 Å². The zero-order chi connectivity index (χ0) is 13.2. The number of hydrogen-bond donors (Lipinski definition) is 1. The van der Waals surface area contributed by atoms with Crippen molar-refractivity contribution in [1.29, 1.82) is 0 Å². The Morgan fingerprint density at radius 3 is 3.00 bits per heavy atom. The van der Waals surface area contributed by atoms with Crippen molar-refractivity contribution in [2.45, 2.75) is 30.7 Å². The van der Waals surface area contributed by atoms with E-state index in [-0.39, 0.29) is 17.3 Å². The Morgan fingerprint density at radius 2 is 2.21 bits per heavy atom. The number of carbonyl (C=O) groups excluding carboxylic acids is 1. The topological polar surface area (TPSA) is 42.0 Å². The molecule has 1 fully saturated rings. The van der Waals surface area contributed by atoms with E-state index in [4.69, 9.17) is 11.6 Å². The van der Waals surface area contributed by atoms with Gasteiger partial charge in [0.1, 0.15) is 0 Å². The molecule has 4 heteroatoms. The number of halogens is 1. The van der Waals surface area contributed by atoms with Gasteiger partial charge < -0.3 is 5.32 Å². The molecule has 1 saturated carbocycles. The maximum Gasteiger partial charge on any atom is 0.251 e. The molecule has 0 saturated heterocycles. The van der Waals surface area contributed by atoms with Gasteiger partial charge in [-0.25, -0.2) is 0 Å². The quantitative estimate of drug-likeness (QED) is 0.855. The van der Waals surface area contributed by atoms with E-state index in [1.807, 2.05) is 30.3 Å². The van der Waals surface area contributed by atoms with Gasteiger partial charge in [-0.3, -0.25) is 9.78 Å². The predicted molar refractivity (Wildman–Crippen MR) is 76.5 cm³/mol. The zero-order valence-corrected chi connectivity index (χ0v) is 11.2. The molecule has 1 aliphatic carbocycles. The Kier molecular flexibility index (Phi) is 3.38. The van der Waals surface area contributed by atoms with Crippen LogP contribution in [-0.4, -0.2) is 22.3 Å². The van der Waals surface area contributed by atoms with Crippen LogP contribution in [0.25, 0.3) is 10.9 Å². The third kappa shape index (κ3) is 2.56. The van der Waals surface area contributed by atoms with Gasteiger partial charge in [0.25, 0.3) is 5.91 Å². The SMILES string of the molecule is O=C(NC1CCCC1Cl)c1ccc2ncccc2c1. The fourth-order valence-electron chi connectivity index (χ4n) is 2.55. The number of nitrogens with one attached hydrogen (secondary N) is 1. The first kappa shape index (κ1) is 12.4. The molecule has 3 nitrogen and oxygen atoms in total. The highest BCUT2D eigenvalue weighted by Gasteiger charge is 2.26. The average Bonchev–Trinajstić information content (AvgIpc) is 2.84. The molecule has 1 amide bonds. The average molecular weight is 275 g/mol. The minimum absolute atomic E-state index is 0.0525. The lowest BCUT2D eigenvalue weighted by Gasteiger charge is -2.15.